The SMILES string of the molecule is CCC(CNc1cccc(C(F)(F)F)c1)C(=O)O. The van der Waals surface area contributed by atoms with Gasteiger partial charge in [0.15, 0.2) is 0 Å². The fourth-order valence-electron chi connectivity index (χ4n) is 1.45. The third-order valence-electron chi connectivity index (χ3n) is 2.58. The Morgan fingerprint density at radius 2 is 2.11 bits per heavy atom. The molecule has 2 N–H and O–H groups in total. The fraction of sp³-hybridized carbons (Fsp3) is 0.417. The molecule has 0 aliphatic rings. The summed E-state index contributed by atoms with van der Waals surface area (Å²) in [5.74, 6) is -1.57. The van der Waals surface area contributed by atoms with E-state index in [0.29, 0.717) is 6.42 Å². The largest absolute Gasteiger partial charge is 0.481 e. The van der Waals surface area contributed by atoms with Crippen molar-refractivity contribution in [2.45, 2.75) is 19.5 Å². The number of hydrogen-bond donors (Lipinski definition) is 2. The van der Waals surface area contributed by atoms with Gasteiger partial charge >= 0.3 is 12.1 Å². The van der Waals surface area contributed by atoms with E-state index in [4.69, 9.17) is 5.11 Å². The molecule has 0 aromatic heterocycles. The van der Waals surface area contributed by atoms with Gasteiger partial charge in [0.1, 0.15) is 0 Å². The van der Waals surface area contributed by atoms with Crippen LogP contribution in [0.15, 0.2) is 24.3 Å². The van der Waals surface area contributed by atoms with E-state index in [1.165, 1.54) is 12.1 Å². The summed E-state index contributed by atoms with van der Waals surface area (Å²) in [6.45, 7) is 1.82. The highest BCUT2D eigenvalue weighted by Gasteiger charge is 2.30. The van der Waals surface area contributed by atoms with Crippen LogP contribution < -0.4 is 5.32 Å². The second kappa shape index (κ2) is 5.75. The van der Waals surface area contributed by atoms with Crippen LogP contribution in [0.25, 0.3) is 0 Å². The summed E-state index contributed by atoms with van der Waals surface area (Å²) in [5, 5.41) is 11.5. The maximum atomic E-state index is 12.4. The molecule has 0 saturated carbocycles. The molecule has 1 aromatic rings. The van der Waals surface area contributed by atoms with Crippen LogP contribution in [-0.4, -0.2) is 17.6 Å². The van der Waals surface area contributed by atoms with Gasteiger partial charge in [-0.3, -0.25) is 4.79 Å². The normalized spacial score (nSPS) is 13.1. The molecule has 6 heteroatoms. The minimum Gasteiger partial charge on any atom is -0.481 e. The van der Waals surface area contributed by atoms with Crippen molar-refractivity contribution in [3.63, 3.8) is 0 Å². The second-order valence-corrected chi connectivity index (χ2v) is 3.90. The fourth-order valence-corrected chi connectivity index (χ4v) is 1.45. The lowest BCUT2D eigenvalue weighted by Crippen LogP contribution is -2.22. The van der Waals surface area contributed by atoms with Crippen molar-refractivity contribution in [1.82, 2.24) is 0 Å². The number of alkyl halides is 3. The van der Waals surface area contributed by atoms with Crippen molar-refractivity contribution >= 4 is 11.7 Å². The Morgan fingerprint density at radius 1 is 1.44 bits per heavy atom. The van der Waals surface area contributed by atoms with E-state index in [1.807, 2.05) is 0 Å². The van der Waals surface area contributed by atoms with Crippen LogP contribution in [0.2, 0.25) is 0 Å². The first kappa shape index (κ1) is 14.3. The van der Waals surface area contributed by atoms with Crippen molar-refractivity contribution < 1.29 is 23.1 Å². The topological polar surface area (TPSA) is 49.3 Å². The summed E-state index contributed by atoms with van der Waals surface area (Å²) in [7, 11) is 0. The highest BCUT2D eigenvalue weighted by atomic mass is 19.4. The first-order valence-corrected chi connectivity index (χ1v) is 5.48. The molecule has 0 aliphatic heterocycles. The Hall–Kier alpha value is -1.72. The average molecular weight is 261 g/mol. The predicted molar refractivity (Wildman–Crippen MR) is 61.4 cm³/mol. The molecule has 1 unspecified atom stereocenters. The van der Waals surface area contributed by atoms with Crippen LogP contribution >= 0.6 is 0 Å². The third-order valence-corrected chi connectivity index (χ3v) is 2.58. The van der Waals surface area contributed by atoms with Gasteiger partial charge in [0.25, 0.3) is 0 Å². The van der Waals surface area contributed by atoms with Crippen LogP contribution in [0.4, 0.5) is 18.9 Å². The van der Waals surface area contributed by atoms with Crippen molar-refractivity contribution in [2.75, 3.05) is 11.9 Å². The summed E-state index contributed by atoms with van der Waals surface area (Å²) < 4.78 is 37.3. The highest BCUT2D eigenvalue weighted by Crippen LogP contribution is 2.30. The van der Waals surface area contributed by atoms with Crippen LogP contribution in [0.3, 0.4) is 0 Å². The van der Waals surface area contributed by atoms with Gasteiger partial charge in [-0.25, -0.2) is 0 Å². The minimum absolute atomic E-state index is 0.104. The molecule has 0 bridgehead atoms. The summed E-state index contributed by atoms with van der Waals surface area (Å²) >= 11 is 0. The van der Waals surface area contributed by atoms with Gasteiger partial charge in [0, 0.05) is 12.2 Å². The molecular weight excluding hydrogens is 247 g/mol. The molecule has 0 spiro atoms. The molecular formula is C12H14F3NO2. The van der Waals surface area contributed by atoms with Crippen LogP contribution in [-0.2, 0) is 11.0 Å². The lowest BCUT2D eigenvalue weighted by Gasteiger charge is -2.13. The maximum Gasteiger partial charge on any atom is 0.416 e. The molecule has 0 amide bonds. The van der Waals surface area contributed by atoms with Crippen molar-refractivity contribution in [3.05, 3.63) is 29.8 Å². The molecule has 0 radical (unpaired) electrons. The molecule has 100 valence electrons. The summed E-state index contributed by atoms with van der Waals surface area (Å²) in [6.07, 6.45) is -3.98. The van der Waals surface area contributed by atoms with Gasteiger partial charge in [-0.15, -0.1) is 0 Å². The zero-order valence-electron chi connectivity index (χ0n) is 9.79. The first-order chi connectivity index (χ1) is 8.34. The molecule has 0 fully saturated rings. The number of carbonyl (C=O) groups is 1. The Bertz CT molecular complexity index is 418. The van der Waals surface area contributed by atoms with Gasteiger partial charge in [-0.1, -0.05) is 13.0 Å². The zero-order chi connectivity index (χ0) is 13.8. The highest BCUT2D eigenvalue weighted by molar-refractivity contribution is 5.70. The summed E-state index contributed by atoms with van der Waals surface area (Å²) in [4.78, 5) is 10.8. The van der Waals surface area contributed by atoms with Gasteiger partial charge < -0.3 is 10.4 Å². The van der Waals surface area contributed by atoms with E-state index in [2.05, 4.69) is 5.32 Å². The predicted octanol–water partition coefficient (Wildman–Crippen LogP) is 3.23. The van der Waals surface area contributed by atoms with E-state index >= 15 is 0 Å². The molecule has 1 rings (SSSR count). The molecule has 3 nitrogen and oxygen atoms in total. The lowest BCUT2D eigenvalue weighted by atomic mass is 10.1. The number of rotatable bonds is 5. The number of carboxylic acids is 1. The van der Waals surface area contributed by atoms with Gasteiger partial charge in [-0.05, 0) is 24.6 Å². The van der Waals surface area contributed by atoms with Crippen molar-refractivity contribution in [2.24, 2.45) is 5.92 Å². The van der Waals surface area contributed by atoms with Gasteiger partial charge in [-0.2, -0.15) is 13.2 Å². The Kier molecular flexibility index (Phi) is 4.58. The molecule has 1 atom stereocenters. The number of hydrogen-bond acceptors (Lipinski definition) is 2. The van der Waals surface area contributed by atoms with E-state index in [9.17, 15) is 18.0 Å². The number of benzene rings is 1. The monoisotopic (exact) mass is 261 g/mol. The Morgan fingerprint density at radius 3 is 2.61 bits per heavy atom. The standard InChI is InChI=1S/C12H14F3NO2/c1-2-8(11(17)18)7-16-10-5-3-4-9(6-10)12(13,14)15/h3-6,8,16H,2,7H2,1H3,(H,17,18). The van der Waals surface area contributed by atoms with Crippen LogP contribution in [0.5, 0.6) is 0 Å². The van der Waals surface area contributed by atoms with Crippen molar-refractivity contribution in [3.8, 4) is 0 Å². The van der Waals surface area contributed by atoms with E-state index < -0.39 is 23.6 Å². The number of anilines is 1. The first-order valence-electron chi connectivity index (χ1n) is 5.48. The Labute approximate surface area is 103 Å². The van der Waals surface area contributed by atoms with Crippen LogP contribution in [0.1, 0.15) is 18.9 Å². The second-order valence-electron chi connectivity index (χ2n) is 3.90. The third kappa shape index (κ3) is 3.94. The van der Waals surface area contributed by atoms with Crippen molar-refractivity contribution in [1.29, 1.82) is 0 Å². The molecule has 18 heavy (non-hydrogen) atoms. The quantitative estimate of drug-likeness (QED) is 0.855. The zero-order valence-corrected chi connectivity index (χ0v) is 9.79. The molecule has 0 heterocycles. The summed E-state index contributed by atoms with van der Waals surface area (Å²) in [5.41, 5.74) is -0.486. The number of aliphatic carboxylic acids is 1. The molecule has 1 aromatic carbocycles. The lowest BCUT2D eigenvalue weighted by molar-refractivity contribution is -0.141. The minimum atomic E-state index is -4.39. The maximum absolute atomic E-state index is 12.4. The van der Waals surface area contributed by atoms with E-state index in [-0.39, 0.29) is 12.2 Å². The number of halogens is 3. The number of carboxylic acid groups (broad SMARTS) is 1. The number of nitrogens with one attached hydrogen (secondary N) is 1. The summed E-state index contributed by atoms with van der Waals surface area (Å²) in [6, 6.07) is 4.70. The van der Waals surface area contributed by atoms with Gasteiger partial charge in [0.2, 0.25) is 0 Å². The van der Waals surface area contributed by atoms with E-state index in [0.717, 1.165) is 12.1 Å². The van der Waals surface area contributed by atoms with Crippen LogP contribution in [0, 0.1) is 5.92 Å². The van der Waals surface area contributed by atoms with E-state index in [1.54, 1.807) is 6.92 Å². The Balaban J connectivity index is 2.71. The average Bonchev–Trinajstić information content (AvgIpc) is 2.28. The molecule has 0 aliphatic carbocycles. The van der Waals surface area contributed by atoms with Gasteiger partial charge in [0.05, 0.1) is 11.5 Å². The smallest absolute Gasteiger partial charge is 0.416 e. The molecule has 0 saturated heterocycles.